The Kier molecular flexibility index (Phi) is 4.97. The molecule has 0 heterocycles. The van der Waals surface area contributed by atoms with Gasteiger partial charge in [0.15, 0.2) is 0 Å². The molecule has 2 N–H and O–H groups in total. The minimum atomic E-state index is -3.69. The number of hydrogen-bond donors (Lipinski definition) is 2. The number of sulfonamides is 1. The number of nitrogens with one attached hydrogen (secondary N) is 2. The van der Waals surface area contributed by atoms with Crippen molar-refractivity contribution in [2.75, 3.05) is 11.9 Å². The van der Waals surface area contributed by atoms with E-state index in [-0.39, 0.29) is 11.4 Å². The molecule has 0 atom stereocenters. The summed E-state index contributed by atoms with van der Waals surface area (Å²) in [5.74, 6) is -0.400. The molecule has 0 aromatic heterocycles. The van der Waals surface area contributed by atoms with Gasteiger partial charge in [0.2, 0.25) is 15.9 Å². The summed E-state index contributed by atoms with van der Waals surface area (Å²) in [4.78, 5) is 12.1. The Labute approximate surface area is 142 Å². The summed E-state index contributed by atoms with van der Waals surface area (Å²) in [6.07, 6.45) is 4.15. The lowest BCUT2D eigenvalue weighted by molar-refractivity contribution is -0.115. The van der Waals surface area contributed by atoms with E-state index < -0.39 is 15.9 Å². The van der Waals surface area contributed by atoms with E-state index in [1.807, 2.05) is 12.1 Å². The van der Waals surface area contributed by atoms with Crippen LogP contribution < -0.4 is 10.0 Å². The van der Waals surface area contributed by atoms with Crippen LogP contribution in [-0.4, -0.2) is 20.9 Å². The first-order valence-electron chi connectivity index (χ1n) is 8.01. The first-order chi connectivity index (χ1) is 11.5. The maximum absolute atomic E-state index is 12.4. The van der Waals surface area contributed by atoms with Gasteiger partial charge in [-0.25, -0.2) is 13.1 Å². The van der Waals surface area contributed by atoms with Gasteiger partial charge in [0.1, 0.15) is 0 Å². The van der Waals surface area contributed by atoms with Gasteiger partial charge >= 0.3 is 0 Å². The van der Waals surface area contributed by atoms with E-state index in [4.69, 9.17) is 0 Å². The fraction of sp³-hybridized carbons (Fsp3) is 0.278. The highest BCUT2D eigenvalue weighted by molar-refractivity contribution is 7.89. The molecule has 0 saturated heterocycles. The Bertz CT molecular complexity index is 833. The van der Waals surface area contributed by atoms with E-state index in [0.717, 1.165) is 31.2 Å². The highest BCUT2D eigenvalue weighted by Gasteiger charge is 2.18. The van der Waals surface area contributed by atoms with Crippen molar-refractivity contribution in [1.82, 2.24) is 4.72 Å². The molecular formula is C18H20N2O3S. The van der Waals surface area contributed by atoms with Crippen molar-refractivity contribution in [2.24, 2.45) is 0 Å². The number of amides is 1. The molecule has 1 amide bonds. The maximum Gasteiger partial charge on any atom is 0.241 e. The molecule has 2 aromatic carbocycles. The van der Waals surface area contributed by atoms with Gasteiger partial charge in [0.25, 0.3) is 0 Å². The third-order valence-electron chi connectivity index (χ3n) is 4.11. The molecule has 0 saturated carbocycles. The topological polar surface area (TPSA) is 75.3 Å². The number of rotatable bonds is 5. The second-order valence-electron chi connectivity index (χ2n) is 5.88. The quantitative estimate of drug-likeness (QED) is 0.875. The predicted octanol–water partition coefficient (Wildman–Crippen LogP) is 2.48. The summed E-state index contributed by atoms with van der Waals surface area (Å²) in [7, 11) is -3.69. The van der Waals surface area contributed by atoms with Crippen LogP contribution in [0, 0.1) is 0 Å². The Morgan fingerprint density at radius 3 is 2.42 bits per heavy atom. The molecule has 24 heavy (non-hydrogen) atoms. The minimum absolute atomic E-state index is 0.218. The lowest BCUT2D eigenvalue weighted by Gasteiger charge is -2.16. The van der Waals surface area contributed by atoms with Crippen LogP contribution in [0.4, 0.5) is 5.69 Å². The molecule has 3 rings (SSSR count). The highest BCUT2D eigenvalue weighted by atomic mass is 32.2. The molecule has 6 heteroatoms. The normalized spacial score (nSPS) is 14.0. The van der Waals surface area contributed by atoms with Crippen molar-refractivity contribution in [2.45, 2.75) is 30.6 Å². The van der Waals surface area contributed by atoms with E-state index in [1.54, 1.807) is 36.4 Å². The van der Waals surface area contributed by atoms with Crippen molar-refractivity contribution in [1.29, 1.82) is 0 Å². The van der Waals surface area contributed by atoms with Gasteiger partial charge in [-0.05, 0) is 61.1 Å². The first kappa shape index (κ1) is 16.7. The monoisotopic (exact) mass is 344 g/mol. The molecule has 126 valence electrons. The Hall–Kier alpha value is -2.18. The number of aryl methyl sites for hydroxylation is 2. The molecule has 0 spiro atoms. The predicted molar refractivity (Wildman–Crippen MR) is 93.3 cm³/mol. The average Bonchev–Trinajstić information content (AvgIpc) is 2.60. The van der Waals surface area contributed by atoms with E-state index in [1.165, 1.54) is 5.56 Å². The molecule has 2 aromatic rings. The number of anilines is 1. The summed E-state index contributed by atoms with van der Waals surface area (Å²) >= 11 is 0. The van der Waals surface area contributed by atoms with Crippen molar-refractivity contribution < 1.29 is 13.2 Å². The number of fused-ring (bicyclic) bond motifs is 1. The SMILES string of the molecule is O=C(CNS(=O)(=O)c1ccc2c(c1)CCCC2)Nc1ccccc1. The Morgan fingerprint density at radius 1 is 0.958 bits per heavy atom. The van der Waals surface area contributed by atoms with E-state index in [2.05, 4.69) is 10.0 Å². The molecule has 1 aliphatic rings. The Morgan fingerprint density at radius 2 is 1.67 bits per heavy atom. The van der Waals surface area contributed by atoms with E-state index in [9.17, 15) is 13.2 Å². The zero-order valence-corrected chi connectivity index (χ0v) is 14.1. The fourth-order valence-electron chi connectivity index (χ4n) is 2.85. The Balaban J connectivity index is 1.64. The molecular weight excluding hydrogens is 324 g/mol. The van der Waals surface area contributed by atoms with Gasteiger partial charge in [-0.15, -0.1) is 0 Å². The molecule has 0 aliphatic heterocycles. The summed E-state index contributed by atoms with van der Waals surface area (Å²) < 4.78 is 27.1. The van der Waals surface area contributed by atoms with Crippen molar-refractivity contribution in [3.63, 3.8) is 0 Å². The molecule has 5 nitrogen and oxygen atoms in total. The molecule has 0 fully saturated rings. The lowest BCUT2D eigenvalue weighted by atomic mass is 9.92. The number of carbonyl (C=O) groups excluding carboxylic acids is 1. The molecule has 0 radical (unpaired) electrons. The van der Waals surface area contributed by atoms with Crippen LogP contribution in [0.2, 0.25) is 0 Å². The molecule has 0 bridgehead atoms. The van der Waals surface area contributed by atoms with Gasteiger partial charge in [0.05, 0.1) is 11.4 Å². The summed E-state index contributed by atoms with van der Waals surface area (Å²) in [6, 6.07) is 14.2. The molecule has 1 aliphatic carbocycles. The first-order valence-corrected chi connectivity index (χ1v) is 9.49. The third-order valence-corrected chi connectivity index (χ3v) is 5.51. The van der Waals surface area contributed by atoms with Crippen LogP contribution in [0.15, 0.2) is 53.4 Å². The second kappa shape index (κ2) is 7.15. The van der Waals surface area contributed by atoms with Gasteiger partial charge in [-0.3, -0.25) is 4.79 Å². The van der Waals surface area contributed by atoms with Gasteiger partial charge in [-0.2, -0.15) is 0 Å². The van der Waals surface area contributed by atoms with Crippen LogP contribution in [0.3, 0.4) is 0 Å². The van der Waals surface area contributed by atoms with E-state index >= 15 is 0 Å². The second-order valence-corrected chi connectivity index (χ2v) is 7.64. The van der Waals surface area contributed by atoms with Crippen molar-refractivity contribution in [3.8, 4) is 0 Å². The highest BCUT2D eigenvalue weighted by Crippen LogP contribution is 2.23. The summed E-state index contributed by atoms with van der Waals surface area (Å²) in [6.45, 7) is -0.297. The number of carbonyl (C=O) groups is 1. The van der Waals surface area contributed by atoms with Crippen molar-refractivity contribution in [3.05, 3.63) is 59.7 Å². The maximum atomic E-state index is 12.4. The van der Waals surface area contributed by atoms with Gasteiger partial charge in [-0.1, -0.05) is 24.3 Å². The number of para-hydroxylation sites is 1. The van der Waals surface area contributed by atoms with Crippen LogP contribution in [0.25, 0.3) is 0 Å². The lowest BCUT2D eigenvalue weighted by Crippen LogP contribution is -2.33. The van der Waals surface area contributed by atoms with Crippen LogP contribution in [-0.2, 0) is 27.7 Å². The van der Waals surface area contributed by atoms with Gasteiger partial charge in [0, 0.05) is 5.69 Å². The smallest absolute Gasteiger partial charge is 0.241 e. The number of hydrogen-bond acceptors (Lipinski definition) is 3. The van der Waals surface area contributed by atoms with E-state index in [0.29, 0.717) is 5.69 Å². The zero-order chi connectivity index (χ0) is 17.0. The van der Waals surface area contributed by atoms with Crippen LogP contribution >= 0.6 is 0 Å². The molecule has 0 unspecified atom stereocenters. The standard InChI is InChI=1S/C18H20N2O3S/c21-18(20-16-8-2-1-3-9-16)13-19-24(22,23)17-11-10-14-6-4-5-7-15(14)12-17/h1-3,8-12,19H,4-7,13H2,(H,20,21). The van der Waals surface area contributed by atoms with Crippen molar-refractivity contribution >= 4 is 21.6 Å². The van der Waals surface area contributed by atoms with Crippen LogP contribution in [0.1, 0.15) is 24.0 Å². The zero-order valence-electron chi connectivity index (χ0n) is 13.3. The third kappa shape index (κ3) is 4.01. The largest absolute Gasteiger partial charge is 0.325 e. The fourth-order valence-corrected chi connectivity index (χ4v) is 3.88. The minimum Gasteiger partial charge on any atom is -0.325 e. The summed E-state index contributed by atoms with van der Waals surface area (Å²) in [5.41, 5.74) is 2.95. The van der Waals surface area contributed by atoms with Crippen LogP contribution in [0.5, 0.6) is 0 Å². The average molecular weight is 344 g/mol. The van der Waals surface area contributed by atoms with Gasteiger partial charge < -0.3 is 5.32 Å². The number of benzene rings is 2. The summed E-state index contributed by atoms with van der Waals surface area (Å²) in [5, 5.41) is 2.65.